The molecule has 0 rings (SSSR count). The Bertz CT molecular complexity index is 163. The highest BCUT2D eigenvalue weighted by atomic mass is 14.6. The number of hydrogen-bond donors (Lipinski definition) is 1. The number of allylic oxidation sites excluding steroid dienone is 1. The standard InChI is InChI=1S/C14H29N/c1-5-12(4)8-9-13(6-2)10-11-14(15)7-3/h10-14H,5-9,15H2,1-4H3/b11-10+. The van der Waals surface area contributed by atoms with E-state index in [-0.39, 0.29) is 6.04 Å². The molecule has 0 aromatic rings. The molecule has 0 fully saturated rings. The van der Waals surface area contributed by atoms with Crippen molar-refractivity contribution in [3.05, 3.63) is 12.2 Å². The molecule has 90 valence electrons. The predicted octanol–water partition coefficient (Wildman–Crippen LogP) is 4.13. The van der Waals surface area contributed by atoms with Crippen molar-refractivity contribution in [2.45, 2.75) is 65.8 Å². The van der Waals surface area contributed by atoms with Gasteiger partial charge >= 0.3 is 0 Å². The van der Waals surface area contributed by atoms with Crippen LogP contribution in [0, 0.1) is 11.8 Å². The van der Waals surface area contributed by atoms with Gasteiger partial charge in [0.15, 0.2) is 0 Å². The summed E-state index contributed by atoms with van der Waals surface area (Å²) in [5.74, 6) is 1.60. The van der Waals surface area contributed by atoms with E-state index < -0.39 is 0 Å². The minimum atomic E-state index is 0.252. The fourth-order valence-corrected chi connectivity index (χ4v) is 1.58. The van der Waals surface area contributed by atoms with Crippen LogP contribution in [-0.2, 0) is 0 Å². The van der Waals surface area contributed by atoms with E-state index in [4.69, 9.17) is 5.73 Å². The molecule has 0 radical (unpaired) electrons. The molecular formula is C14H29N. The SMILES string of the molecule is CCC(N)/C=C/C(CC)CCC(C)CC. The average molecular weight is 211 g/mol. The fourth-order valence-electron chi connectivity index (χ4n) is 1.58. The van der Waals surface area contributed by atoms with Gasteiger partial charge in [0.05, 0.1) is 0 Å². The maximum atomic E-state index is 5.87. The van der Waals surface area contributed by atoms with E-state index in [2.05, 4.69) is 39.8 Å². The first kappa shape index (κ1) is 14.7. The summed E-state index contributed by atoms with van der Waals surface area (Å²) in [5, 5.41) is 0. The lowest BCUT2D eigenvalue weighted by molar-refractivity contribution is 0.438. The van der Waals surface area contributed by atoms with Gasteiger partial charge < -0.3 is 5.73 Å². The van der Waals surface area contributed by atoms with Crippen LogP contribution in [0.1, 0.15) is 59.8 Å². The Morgan fingerprint density at radius 1 is 0.933 bits per heavy atom. The van der Waals surface area contributed by atoms with Crippen molar-refractivity contribution in [1.29, 1.82) is 0 Å². The third-order valence-corrected chi connectivity index (χ3v) is 3.35. The lowest BCUT2D eigenvalue weighted by Crippen LogP contribution is -2.15. The van der Waals surface area contributed by atoms with Gasteiger partial charge in [-0.05, 0) is 31.1 Å². The number of rotatable bonds is 8. The van der Waals surface area contributed by atoms with E-state index in [1.807, 2.05) is 0 Å². The molecular weight excluding hydrogens is 182 g/mol. The van der Waals surface area contributed by atoms with Crippen LogP contribution in [0.3, 0.4) is 0 Å². The monoisotopic (exact) mass is 211 g/mol. The summed E-state index contributed by atoms with van der Waals surface area (Å²) in [6.07, 6.45) is 10.8. The Balaban J connectivity index is 3.87. The maximum Gasteiger partial charge on any atom is 0.0221 e. The molecule has 0 spiro atoms. The van der Waals surface area contributed by atoms with Gasteiger partial charge in [0, 0.05) is 6.04 Å². The van der Waals surface area contributed by atoms with Gasteiger partial charge in [-0.1, -0.05) is 52.7 Å². The molecule has 0 saturated heterocycles. The molecule has 1 nitrogen and oxygen atoms in total. The highest BCUT2D eigenvalue weighted by Gasteiger charge is 2.05. The molecule has 0 aromatic carbocycles. The highest BCUT2D eigenvalue weighted by molar-refractivity contribution is 4.94. The van der Waals surface area contributed by atoms with E-state index >= 15 is 0 Å². The second-order valence-electron chi connectivity index (χ2n) is 4.72. The van der Waals surface area contributed by atoms with Crippen molar-refractivity contribution < 1.29 is 0 Å². The van der Waals surface area contributed by atoms with Crippen LogP contribution in [-0.4, -0.2) is 6.04 Å². The van der Waals surface area contributed by atoms with Gasteiger partial charge in [0.25, 0.3) is 0 Å². The van der Waals surface area contributed by atoms with Crippen LogP contribution in [0.15, 0.2) is 12.2 Å². The average Bonchev–Trinajstić information content (AvgIpc) is 2.28. The third kappa shape index (κ3) is 7.61. The summed E-state index contributed by atoms with van der Waals surface area (Å²) in [6.45, 7) is 9.01. The zero-order valence-electron chi connectivity index (χ0n) is 11.0. The minimum Gasteiger partial charge on any atom is -0.324 e. The second kappa shape index (κ2) is 8.96. The molecule has 0 heterocycles. The van der Waals surface area contributed by atoms with E-state index in [9.17, 15) is 0 Å². The van der Waals surface area contributed by atoms with Crippen LogP contribution in [0.4, 0.5) is 0 Å². The normalized spacial score (nSPS) is 17.9. The lowest BCUT2D eigenvalue weighted by Gasteiger charge is -2.14. The van der Waals surface area contributed by atoms with Crippen molar-refractivity contribution in [1.82, 2.24) is 0 Å². The second-order valence-corrected chi connectivity index (χ2v) is 4.72. The van der Waals surface area contributed by atoms with Crippen molar-refractivity contribution in [2.24, 2.45) is 17.6 Å². The van der Waals surface area contributed by atoms with Crippen molar-refractivity contribution in [2.75, 3.05) is 0 Å². The molecule has 0 aliphatic heterocycles. The largest absolute Gasteiger partial charge is 0.324 e. The molecule has 15 heavy (non-hydrogen) atoms. The Labute approximate surface area is 96.1 Å². The van der Waals surface area contributed by atoms with Crippen LogP contribution >= 0.6 is 0 Å². The van der Waals surface area contributed by atoms with E-state index in [1.165, 1.54) is 25.7 Å². The topological polar surface area (TPSA) is 26.0 Å². The first-order valence-electron chi connectivity index (χ1n) is 6.57. The van der Waals surface area contributed by atoms with Crippen LogP contribution in [0.25, 0.3) is 0 Å². The van der Waals surface area contributed by atoms with Gasteiger partial charge in [-0.3, -0.25) is 0 Å². The molecule has 0 bridgehead atoms. The first-order valence-corrected chi connectivity index (χ1v) is 6.57. The lowest BCUT2D eigenvalue weighted by atomic mass is 9.93. The van der Waals surface area contributed by atoms with Gasteiger partial charge in [0.2, 0.25) is 0 Å². The smallest absolute Gasteiger partial charge is 0.0221 e. The van der Waals surface area contributed by atoms with Gasteiger partial charge in [-0.15, -0.1) is 0 Å². The molecule has 0 aliphatic carbocycles. The van der Waals surface area contributed by atoms with Gasteiger partial charge in [0.1, 0.15) is 0 Å². The van der Waals surface area contributed by atoms with Crippen molar-refractivity contribution in [3.8, 4) is 0 Å². The quantitative estimate of drug-likeness (QED) is 0.600. The van der Waals surface area contributed by atoms with Gasteiger partial charge in [-0.25, -0.2) is 0 Å². The predicted molar refractivity (Wildman–Crippen MR) is 69.9 cm³/mol. The zero-order valence-corrected chi connectivity index (χ0v) is 11.0. The fraction of sp³-hybridized carbons (Fsp3) is 0.857. The Kier molecular flexibility index (Phi) is 8.79. The van der Waals surface area contributed by atoms with Crippen LogP contribution in [0.2, 0.25) is 0 Å². The Morgan fingerprint density at radius 2 is 1.60 bits per heavy atom. The molecule has 0 amide bonds. The highest BCUT2D eigenvalue weighted by Crippen LogP contribution is 2.18. The Hall–Kier alpha value is -0.300. The minimum absolute atomic E-state index is 0.252. The molecule has 3 atom stereocenters. The van der Waals surface area contributed by atoms with E-state index in [0.717, 1.165) is 18.3 Å². The third-order valence-electron chi connectivity index (χ3n) is 3.35. The van der Waals surface area contributed by atoms with E-state index in [0.29, 0.717) is 0 Å². The molecule has 2 N–H and O–H groups in total. The molecule has 1 heteroatoms. The maximum absolute atomic E-state index is 5.87. The summed E-state index contributed by atoms with van der Waals surface area (Å²) in [4.78, 5) is 0. The zero-order chi connectivity index (χ0) is 11.7. The van der Waals surface area contributed by atoms with E-state index in [1.54, 1.807) is 0 Å². The summed E-state index contributed by atoms with van der Waals surface area (Å²) >= 11 is 0. The summed E-state index contributed by atoms with van der Waals surface area (Å²) in [6, 6.07) is 0.252. The molecule has 3 unspecified atom stereocenters. The molecule has 0 aliphatic rings. The Morgan fingerprint density at radius 3 is 2.07 bits per heavy atom. The number of hydrogen-bond acceptors (Lipinski definition) is 1. The summed E-state index contributed by atoms with van der Waals surface area (Å²) < 4.78 is 0. The first-order chi connectivity index (χ1) is 7.13. The van der Waals surface area contributed by atoms with Gasteiger partial charge in [-0.2, -0.15) is 0 Å². The van der Waals surface area contributed by atoms with Crippen molar-refractivity contribution >= 4 is 0 Å². The summed E-state index contributed by atoms with van der Waals surface area (Å²) in [7, 11) is 0. The van der Waals surface area contributed by atoms with Crippen molar-refractivity contribution in [3.63, 3.8) is 0 Å². The van der Waals surface area contributed by atoms with Crippen LogP contribution < -0.4 is 5.73 Å². The number of nitrogens with two attached hydrogens (primary N) is 1. The van der Waals surface area contributed by atoms with Crippen LogP contribution in [0.5, 0.6) is 0 Å². The summed E-state index contributed by atoms with van der Waals surface area (Å²) in [5.41, 5.74) is 5.87. The molecule has 0 saturated carbocycles. The molecule has 0 aromatic heterocycles.